The van der Waals surface area contributed by atoms with Crippen LogP contribution in [0, 0.1) is 0 Å². The van der Waals surface area contributed by atoms with Gasteiger partial charge in [-0.1, -0.05) is 0 Å². The van der Waals surface area contributed by atoms with Crippen LogP contribution < -0.4 is 5.32 Å². The van der Waals surface area contributed by atoms with Crippen LogP contribution in [0.5, 0.6) is 0 Å². The highest BCUT2D eigenvalue weighted by Crippen LogP contribution is 2.16. The van der Waals surface area contributed by atoms with Gasteiger partial charge in [0.1, 0.15) is 5.69 Å². The van der Waals surface area contributed by atoms with Gasteiger partial charge in [-0.25, -0.2) is 0 Å². The SMILES string of the molecule is CCn1cc(Br)cc1C(=O)NC1CCC(=O)N(C)C1. The number of aryl methyl sites for hydroxylation is 1. The molecule has 1 fully saturated rings. The number of nitrogens with one attached hydrogen (secondary N) is 1. The molecule has 2 heterocycles. The predicted molar refractivity (Wildman–Crippen MR) is 75.9 cm³/mol. The molecule has 19 heavy (non-hydrogen) atoms. The summed E-state index contributed by atoms with van der Waals surface area (Å²) in [5, 5.41) is 3.00. The van der Waals surface area contributed by atoms with Crippen molar-refractivity contribution in [3.8, 4) is 0 Å². The zero-order chi connectivity index (χ0) is 14.0. The number of aromatic nitrogens is 1. The molecule has 1 aliphatic rings. The first kappa shape index (κ1) is 14.1. The third kappa shape index (κ3) is 3.18. The first-order chi connectivity index (χ1) is 9.01. The van der Waals surface area contributed by atoms with Crippen LogP contribution in [-0.2, 0) is 11.3 Å². The van der Waals surface area contributed by atoms with Crippen molar-refractivity contribution in [3.63, 3.8) is 0 Å². The number of carbonyl (C=O) groups excluding carboxylic acids is 2. The molecular formula is C13H18BrN3O2. The number of nitrogens with zero attached hydrogens (tertiary/aromatic N) is 2. The summed E-state index contributed by atoms with van der Waals surface area (Å²) in [6.45, 7) is 3.33. The van der Waals surface area contributed by atoms with E-state index in [0.29, 0.717) is 25.1 Å². The Morgan fingerprint density at radius 1 is 1.58 bits per heavy atom. The fourth-order valence-corrected chi connectivity index (χ4v) is 2.78. The molecule has 2 rings (SSSR count). The molecule has 1 atom stereocenters. The maximum absolute atomic E-state index is 12.2. The molecule has 1 aromatic rings. The Labute approximate surface area is 121 Å². The van der Waals surface area contributed by atoms with Gasteiger partial charge in [-0.15, -0.1) is 0 Å². The molecule has 1 N–H and O–H groups in total. The third-order valence-electron chi connectivity index (χ3n) is 3.40. The van der Waals surface area contributed by atoms with Crippen molar-refractivity contribution < 1.29 is 9.59 Å². The van der Waals surface area contributed by atoms with Crippen molar-refractivity contribution in [1.29, 1.82) is 0 Å². The van der Waals surface area contributed by atoms with Gasteiger partial charge >= 0.3 is 0 Å². The lowest BCUT2D eigenvalue weighted by Gasteiger charge is -2.30. The van der Waals surface area contributed by atoms with Crippen molar-refractivity contribution in [3.05, 3.63) is 22.4 Å². The van der Waals surface area contributed by atoms with Crippen LogP contribution in [0.3, 0.4) is 0 Å². The lowest BCUT2D eigenvalue weighted by molar-refractivity contribution is -0.132. The fraction of sp³-hybridized carbons (Fsp3) is 0.538. The van der Waals surface area contributed by atoms with Crippen LogP contribution in [0.4, 0.5) is 0 Å². The van der Waals surface area contributed by atoms with Gasteiger partial charge in [0.05, 0.1) is 0 Å². The van der Waals surface area contributed by atoms with Gasteiger partial charge in [0, 0.05) is 43.3 Å². The Kier molecular flexibility index (Phi) is 4.29. The number of piperidine rings is 1. The fourth-order valence-electron chi connectivity index (χ4n) is 2.32. The van der Waals surface area contributed by atoms with E-state index >= 15 is 0 Å². The molecule has 0 aliphatic carbocycles. The number of carbonyl (C=O) groups is 2. The minimum Gasteiger partial charge on any atom is -0.346 e. The monoisotopic (exact) mass is 327 g/mol. The van der Waals surface area contributed by atoms with Crippen LogP contribution in [0.25, 0.3) is 0 Å². The molecule has 2 amide bonds. The summed E-state index contributed by atoms with van der Waals surface area (Å²) >= 11 is 3.38. The van der Waals surface area contributed by atoms with Crippen molar-refractivity contribution in [2.45, 2.75) is 32.4 Å². The van der Waals surface area contributed by atoms with E-state index in [2.05, 4.69) is 21.2 Å². The van der Waals surface area contributed by atoms with Crippen LogP contribution in [0.2, 0.25) is 0 Å². The summed E-state index contributed by atoms with van der Waals surface area (Å²) in [6, 6.07) is 1.85. The topological polar surface area (TPSA) is 54.3 Å². The third-order valence-corrected chi connectivity index (χ3v) is 3.83. The molecule has 104 valence electrons. The van der Waals surface area contributed by atoms with E-state index in [0.717, 1.165) is 11.0 Å². The first-order valence-corrected chi connectivity index (χ1v) is 7.21. The molecule has 0 aromatic carbocycles. The van der Waals surface area contributed by atoms with E-state index in [-0.39, 0.29) is 17.9 Å². The molecule has 1 aliphatic heterocycles. The summed E-state index contributed by atoms with van der Waals surface area (Å²) in [5.41, 5.74) is 0.647. The van der Waals surface area contributed by atoms with E-state index in [1.807, 2.05) is 23.8 Å². The second-order valence-electron chi connectivity index (χ2n) is 4.81. The van der Waals surface area contributed by atoms with Crippen LogP contribution in [-0.4, -0.2) is 40.9 Å². The lowest BCUT2D eigenvalue weighted by atomic mass is 10.1. The second-order valence-corrected chi connectivity index (χ2v) is 5.73. The van der Waals surface area contributed by atoms with Gasteiger partial charge in [-0.05, 0) is 35.3 Å². The van der Waals surface area contributed by atoms with E-state index in [4.69, 9.17) is 0 Å². The average Bonchev–Trinajstić information content (AvgIpc) is 2.75. The molecule has 0 saturated carbocycles. The number of likely N-dealkylation sites (tertiary alicyclic amines) is 1. The number of hydrogen-bond acceptors (Lipinski definition) is 2. The maximum Gasteiger partial charge on any atom is 0.268 e. The molecule has 1 aromatic heterocycles. The van der Waals surface area contributed by atoms with Crippen molar-refractivity contribution in [2.24, 2.45) is 0 Å². The van der Waals surface area contributed by atoms with E-state index < -0.39 is 0 Å². The normalized spacial score (nSPS) is 19.6. The van der Waals surface area contributed by atoms with Gasteiger partial charge in [0.15, 0.2) is 0 Å². The van der Waals surface area contributed by atoms with Gasteiger partial charge < -0.3 is 14.8 Å². The molecule has 0 bridgehead atoms. The van der Waals surface area contributed by atoms with Gasteiger partial charge in [-0.2, -0.15) is 0 Å². The van der Waals surface area contributed by atoms with Gasteiger partial charge in [-0.3, -0.25) is 9.59 Å². The highest BCUT2D eigenvalue weighted by Gasteiger charge is 2.25. The molecular weight excluding hydrogens is 310 g/mol. The molecule has 1 unspecified atom stereocenters. The van der Waals surface area contributed by atoms with Crippen LogP contribution >= 0.6 is 15.9 Å². The molecule has 0 spiro atoms. The van der Waals surface area contributed by atoms with Crippen LogP contribution in [0.1, 0.15) is 30.3 Å². The summed E-state index contributed by atoms with van der Waals surface area (Å²) in [4.78, 5) is 25.3. The van der Waals surface area contributed by atoms with Gasteiger partial charge in [0.2, 0.25) is 5.91 Å². The van der Waals surface area contributed by atoms with Crippen LogP contribution in [0.15, 0.2) is 16.7 Å². The Balaban J connectivity index is 2.03. The zero-order valence-electron chi connectivity index (χ0n) is 11.1. The Bertz CT molecular complexity index is 498. The van der Waals surface area contributed by atoms with Crippen molar-refractivity contribution in [2.75, 3.05) is 13.6 Å². The second kappa shape index (κ2) is 5.77. The van der Waals surface area contributed by atoms with Gasteiger partial charge in [0.25, 0.3) is 5.91 Å². The summed E-state index contributed by atoms with van der Waals surface area (Å²) in [6.07, 6.45) is 3.11. The zero-order valence-corrected chi connectivity index (χ0v) is 12.7. The standard InChI is InChI=1S/C13H18BrN3O2/c1-3-17-7-9(14)6-11(17)13(19)15-10-4-5-12(18)16(2)8-10/h6-7,10H,3-5,8H2,1-2H3,(H,15,19). The first-order valence-electron chi connectivity index (χ1n) is 6.41. The summed E-state index contributed by atoms with van der Waals surface area (Å²) in [5.74, 6) is 0.0606. The number of rotatable bonds is 3. The van der Waals surface area contributed by atoms with E-state index in [1.165, 1.54) is 0 Å². The smallest absolute Gasteiger partial charge is 0.268 e. The summed E-state index contributed by atoms with van der Waals surface area (Å²) in [7, 11) is 1.77. The maximum atomic E-state index is 12.2. The Morgan fingerprint density at radius 3 is 2.95 bits per heavy atom. The lowest BCUT2D eigenvalue weighted by Crippen LogP contribution is -2.48. The number of likely N-dealkylation sites (N-methyl/N-ethyl adjacent to an activating group) is 1. The highest BCUT2D eigenvalue weighted by atomic mass is 79.9. The highest BCUT2D eigenvalue weighted by molar-refractivity contribution is 9.10. The van der Waals surface area contributed by atoms with E-state index in [9.17, 15) is 9.59 Å². The number of hydrogen-bond donors (Lipinski definition) is 1. The number of halogens is 1. The van der Waals surface area contributed by atoms with Crippen molar-refractivity contribution >= 4 is 27.7 Å². The Morgan fingerprint density at radius 2 is 2.32 bits per heavy atom. The minimum absolute atomic E-state index is 0.0363. The molecule has 5 nitrogen and oxygen atoms in total. The quantitative estimate of drug-likeness (QED) is 0.917. The minimum atomic E-state index is -0.0831. The summed E-state index contributed by atoms with van der Waals surface area (Å²) < 4.78 is 2.80. The van der Waals surface area contributed by atoms with Crippen molar-refractivity contribution in [1.82, 2.24) is 14.8 Å². The predicted octanol–water partition coefficient (Wildman–Crippen LogP) is 1.62. The molecule has 0 radical (unpaired) electrons. The molecule has 6 heteroatoms. The average molecular weight is 328 g/mol. The molecule has 1 saturated heterocycles. The Hall–Kier alpha value is -1.30. The van der Waals surface area contributed by atoms with E-state index in [1.54, 1.807) is 11.9 Å². The number of amides is 2. The largest absolute Gasteiger partial charge is 0.346 e.